The molecule has 1 heterocycles. The topological polar surface area (TPSA) is 76.1 Å². The van der Waals surface area contributed by atoms with Crippen LogP contribution in [0.3, 0.4) is 0 Å². The lowest BCUT2D eigenvalue weighted by Gasteiger charge is -2.03. The van der Waals surface area contributed by atoms with Crippen molar-refractivity contribution in [3.63, 3.8) is 0 Å². The zero-order valence-electron chi connectivity index (χ0n) is 8.69. The van der Waals surface area contributed by atoms with E-state index in [0.717, 1.165) is 11.3 Å². The molecule has 1 aromatic heterocycles. The Balaban J connectivity index is 2.78. The van der Waals surface area contributed by atoms with E-state index in [0.29, 0.717) is 5.69 Å². The van der Waals surface area contributed by atoms with Crippen LogP contribution in [0.2, 0.25) is 4.47 Å². The Labute approximate surface area is 106 Å². The average Bonchev–Trinajstić information content (AvgIpc) is 2.44. The molecule has 92 valence electrons. The largest absolute Gasteiger partial charge is 0.260 e. The van der Waals surface area contributed by atoms with Gasteiger partial charge < -0.3 is 0 Å². The number of thiazole rings is 1. The van der Waals surface area contributed by atoms with E-state index in [1.807, 2.05) is 0 Å². The second kappa shape index (κ2) is 5.54. The van der Waals surface area contributed by atoms with Gasteiger partial charge in [-0.05, 0) is 6.92 Å². The molecule has 16 heavy (non-hydrogen) atoms. The molecular formula is C7H11ClN2O3S3. The van der Waals surface area contributed by atoms with Crippen LogP contribution in [0.4, 0.5) is 0 Å². The van der Waals surface area contributed by atoms with Gasteiger partial charge in [0.2, 0.25) is 0 Å². The standard InChI is InChI=1S/C7H11ClN2O3S3/c1-5-6(14-7(8)10-5)16(12,13)9-3-4-15(2)11/h9H,3-4H2,1-2H3. The van der Waals surface area contributed by atoms with E-state index in [2.05, 4.69) is 9.71 Å². The number of hydrogen-bond donors (Lipinski definition) is 1. The van der Waals surface area contributed by atoms with E-state index in [4.69, 9.17) is 11.6 Å². The molecule has 0 aromatic carbocycles. The second-order valence-electron chi connectivity index (χ2n) is 3.01. The highest BCUT2D eigenvalue weighted by Crippen LogP contribution is 2.26. The molecule has 9 heteroatoms. The molecule has 0 aliphatic rings. The predicted molar refractivity (Wildman–Crippen MR) is 66.0 cm³/mol. The van der Waals surface area contributed by atoms with Crippen molar-refractivity contribution in [1.82, 2.24) is 9.71 Å². The third-order valence-corrected chi connectivity index (χ3v) is 5.77. The Kier molecular flexibility index (Phi) is 4.87. The summed E-state index contributed by atoms with van der Waals surface area (Å²) in [5.41, 5.74) is 0.375. The van der Waals surface area contributed by atoms with E-state index in [1.165, 1.54) is 6.26 Å². The monoisotopic (exact) mass is 302 g/mol. The van der Waals surface area contributed by atoms with Crippen molar-refractivity contribution in [2.45, 2.75) is 11.1 Å². The first-order valence-electron chi connectivity index (χ1n) is 4.25. The molecule has 0 spiro atoms. The number of rotatable bonds is 5. The lowest BCUT2D eigenvalue weighted by atomic mass is 10.6. The fraction of sp³-hybridized carbons (Fsp3) is 0.571. The minimum atomic E-state index is -3.58. The van der Waals surface area contributed by atoms with Crippen molar-refractivity contribution >= 4 is 43.8 Å². The Morgan fingerprint density at radius 2 is 2.19 bits per heavy atom. The number of sulfonamides is 1. The third kappa shape index (κ3) is 3.77. The first-order chi connectivity index (χ1) is 7.33. The van der Waals surface area contributed by atoms with E-state index in [-0.39, 0.29) is 21.0 Å². The third-order valence-electron chi connectivity index (χ3n) is 1.65. The van der Waals surface area contributed by atoms with Gasteiger partial charge in [0.05, 0.1) is 5.69 Å². The van der Waals surface area contributed by atoms with Gasteiger partial charge in [0, 0.05) is 29.4 Å². The highest BCUT2D eigenvalue weighted by Gasteiger charge is 2.20. The van der Waals surface area contributed by atoms with Gasteiger partial charge in [-0.25, -0.2) is 18.1 Å². The van der Waals surface area contributed by atoms with E-state index >= 15 is 0 Å². The molecule has 1 N–H and O–H groups in total. The average molecular weight is 303 g/mol. The maximum Gasteiger partial charge on any atom is 0.252 e. The number of halogens is 1. The van der Waals surface area contributed by atoms with Gasteiger partial charge in [0.15, 0.2) is 8.68 Å². The molecular weight excluding hydrogens is 292 g/mol. The van der Waals surface area contributed by atoms with Crippen molar-refractivity contribution in [3.05, 3.63) is 10.2 Å². The molecule has 0 amide bonds. The van der Waals surface area contributed by atoms with Crippen LogP contribution in [0.15, 0.2) is 4.21 Å². The zero-order valence-corrected chi connectivity index (χ0v) is 11.9. The fourth-order valence-electron chi connectivity index (χ4n) is 0.985. The summed E-state index contributed by atoms with van der Waals surface area (Å²) in [5, 5.41) is 0. The Morgan fingerprint density at radius 3 is 2.62 bits per heavy atom. The van der Waals surface area contributed by atoms with Gasteiger partial charge in [0.1, 0.15) is 0 Å². The van der Waals surface area contributed by atoms with Gasteiger partial charge in [0.25, 0.3) is 10.0 Å². The predicted octanol–water partition coefficient (Wildman–Crippen LogP) is 0.762. The minimum absolute atomic E-state index is 0.111. The fourth-order valence-corrected chi connectivity index (χ4v) is 4.32. The number of nitrogens with zero attached hydrogens (tertiary/aromatic N) is 1. The summed E-state index contributed by atoms with van der Waals surface area (Å²) in [5.74, 6) is 0.283. The summed E-state index contributed by atoms with van der Waals surface area (Å²) in [4.78, 5) is 3.83. The summed E-state index contributed by atoms with van der Waals surface area (Å²) >= 11 is 6.53. The molecule has 0 radical (unpaired) electrons. The number of aromatic nitrogens is 1. The quantitative estimate of drug-likeness (QED) is 0.871. The van der Waals surface area contributed by atoms with Gasteiger partial charge in [-0.3, -0.25) is 4.21 Å². The van der Waals surface area contributed by atoms with Crippen LogP contribution in [-0.4, -0.2) is 36.2 Å². The van der Waals surface area contributed by atoms with Crippen LogP contribution in [0, 0.1) is 6.92 Å². The van der Waals surface area contributed by atoms with E-state index in [1.54, 1.807) is 6.92 Å². The molecule has 1 aromatic rings. The second-order valence-corrected chi connectivity index (χ2v) is 8.11. The molecule has 5 nitrogen and oxygen atoms in total. The summed E-state index contributed by atoms with van der Waals surface area (Å²) in [6.07, 6.45) is 1.52. The Hall–Kier alpha value is -0.0200. The molecule has 0 saturated heterocycles. The first kappa shape index (κ1) is 14.0. The SMILES string of the molecule is Cc1nc(Cl)sc1S(=O)(=O)NCCS(C)=O. The van der Waals surface area contributed by atoms with Gasteiger partial charge >= 0.3 is 0 Å². The molecule has 0 saturated carbocycles. The van der Waals surface area contributed by atoms with Crippen molar-refractivity contribution in [2.75, 3.05) is 18.6 Å². The number of aryl methyl sites for hydroxylation is 1. The lowest BCUT2D eigenvalue weighted by molar-refractivity contribution is 0.585. The molecule has 0 aliphatic carbocycles. The highest BCUT2D eigenvalue weighted by molar-refractivity contribution is 7.91. The van der Waals surface area contributed by atoms with Crippen molar-refractivity contribution in [1.29, 1.82) is 0 Å². The normalized spacial score (nSPS) is 13.9. The van der Waals surface area contributed by atoms with Crippen molar-refractivity contribution in [2.24, 2.45) is 0 Å². The van der Waals surface area contributed by atoms with Crippen LogP contribution in [0.1, 0.15) is 5.69 Å². The van der Waals surface area contributed by atoms with Crippen LogP contribution in [-0.2, 0) is 20.8 Å². The molecule has 0 bridgehead atoms. The number of nitrogens with one attached hydrogen (secondary N) is 1. The summed E-state index contributed by atoms with van der Waals surface area (Å²) in [6.45, 7) is 1.72. The van der Waals surface area contributed by atoms with Gasteiger partial charge in [-0.2, -0.15) is 0 Å². The highest BCUT2D eigenvalue weighted by atomic mass is 35.5. The van der Waals surface area contributed by atoms with Crippen molar-refractivity contribution < 1.29 is 12.6 Å². The van der Waals surface area contributed by atoms with Crippen LogP contribution in [0.5, 0.6) is 0 Å². The molecule has 1 atom stereocenters. The van der Waals surface area contributed by atoms with Crippen molar-refractivity contribution in [3.8, 4) is 0 Å². The Morgan fingerprint density at radius 1 is 1.56 bits per heavy atom. The van der Waals surface area contributed by atoms with Crippen LogP contribution < -0.4 is 4.72 Å². The van der Waals surface area contributed by atoms with Gasteiger partial charge in [-0.1, -0.05) is 22.9 Å². The van der Waals surface area contributed by atoms with Crippen LogP contribution >= 0.6 is 22.9 Å². The summed E-state index contributed by atoms with van der Waals surface area (Å²) in [6, 6.07) is 0. The lowest BCUT2D eigenvalue weighted by Crippen LogP contribution is -2.27. The smallest absolute Gasteiger partial charge is 0.252 e. The molecule has 1 rings (SSSR count). The molecule has 0 aliphatic heterocycles. The van der Waals surface area contributed by atoms with E-state index < -0.39 is 20.8 Å². The molecule has 1 unspecified atom stereocenters. The van der Waals surface area contributed by atoms with Crippen LogP contribution in [0.25, 0.3) is 0 Å². The number of hydrogen-bond acceptors (Lipinski definition) is 5. The first-order valence-corrected chi connectivity index (χ1v) is 8.66. The minimum Gasteiger partial charge on any atom is -0.260 e. The Bertz CT molecular complexity index is 497. The van der Waals surface area contributed by atoms with E-state index in [9.17, 15) is 12.6 Å². The summed E-state index contributed by atoms with van der Waals surface area (Å²) in [7, 11) is -4.60. The zero-order chi connectivity index (χ0) is 12.3. The molecule has 0 fully saturated rings. The maximum absolute atomic E-state index is 11.7. The summed E-state index contributed by atoms with van der Waals surface area (Å²) < 4.78 is 36.9. The van der Waals surface area contributed by atoms with Gasteiger partial charge in [-0.15, -0.1) is 0 Å². The maximum atomic E-state index is 11.7.